The van der Waals surface area contributed by atoms with E-state index in [0.717, 1.165) is 6.42 Å². The Morgan fingerprint density at radius 1 is 1.31 bits per heavy atom. The van der Waals surface area contributed by atoms with Crippen molar-refractivity contribution < 1.29 is 14.7 Å². The smallest absolute Gasteiger partial charge is 0.305 e. The van der Waals surface area contributed by atoms with Crippen molar-refractivity contribution in [2.24, 2.45) is 11.3 Å². The van der Waals surface area contributed by atoms with Crippen LogP contribution in [0.3, 0.4) is 0 Å². The van der Waals surface area contributed by atoms with E-state index < -0.39 is 5.97 Å². The van der Waals surface area contributed by atoms with Crippen LogP contribution in [0.5, 0.6) is 0 Å². The van der Waals surface area contributed by atoms with Gasteiger partial charge >= 0.3 is 5.97 Å². The van der Waals surface area contributed by atoms with Gasteiger partial charge in [-0.15, -0.1) is 0 Å². The summed E-state index contributed by atoms with van der Waals surface area (Å²) in [5, 5.41) is 11.6. The quantitative estimate of drug-likeness (QED) is 0.758. The molecule has 0 fully saturated rings. The van der Waals surface area contributed by atoms with Crippen LogP contribution >= 0.6 is 0 Å². The molecule has 0 radical (unpaired) electrons. The number of rotatable bonds is 5. The minimum atomic E-state index is -0.885. The summed E-state index contributed by atoms with van der Waals surface area (Å²) in [5.74, 6) is -1.02. The van der Waals surface area contributed by atoms with Crippen LogP contribution in [0.2, 0.25) is 0 Å². The van der Waals surface area contributed by atoms with E-state index in [-0.39, 0.29) is 29.7 Å². The zero-order valence-electron chi connectivity index (χ0n) is 10.8. The Kier molecular flexibility index (Phi) is 5.48. The molecule has 2 atom stereocenters. The molecular formula is C12H23NO3. The molecule has 0 rings (SSSR count). The highest BCUT2D eigenvalue weighted by atomic mass is 16.4. The van der Waals surface area contributed by atoms with Gasteiger partial charge in [0.2, 0.25) is 5.91 Å². The zero-order chi connectivity index (χ0) is 12.9. The molecule has 0 saturated carbocycles. The van der Waals surface area contributed by atoms with Crippen LogP contribution in [0.1, 0.15) is 47.5 Å². The molecule has 0 bridgehead atoms. The van der Waals surface area contributed by atoms with Crippen molar-refractivity contribution in [2.45, 2.75) is 53.5 Å². The Bertz CT molecular complexity index is 255. The molecule has 0 heterocycles. The van der Waals surface area contributed by atoms with E-state index in [4.69, 9.17) is 5.11 Å². The molecule has 0 aromatic rings. The third-order valence-corrected chi connectivity index (χ3v) is 2.80. The van der Waals surface area contributed by atoms with Gasteiger partial charge in [0.15, 0.2) is 0 Å². The SMILES string of the molecule is CCC(C)C(=O)NC(CC(=O)O)C(C)(C)C. The molecule has 1 amide bonds. The van der Waals surface area contributed by atoms with E-state index in [9.17, 15) is 9.59 Å². The summed E-state index contributed by atoms with van der Waals surface area (Å²) in [6, 6.07) is -0.327. The molecule has 0 spiro atoms. The van der Waals surface area contributed by atoms with E-state index in [1.807, 2.05) is 34.6 Å². The molecule has 16 heavy (non-hydrogen) atoms. The second-order valence-electron chi connectivity index (χ2n) is 5.33. The zero-order valence-corrected chi connectivity index (χ0v) is 10.8. The first-order valence-corrected chi connectivity index (χ1v) is 5.70. The Morgan fingerprint density at radius 2 is 1.81 bits per heavy atom. The fourth-order valence-corrected chi connectivity index (χ4v) is 1.25. The van der Waals surface area contributed by atoms with E-state index >= 15 is 0 Å². The van der Waals surface area contributed by atoms with Gasteiger partial charge in [0.05, 0.1) is 6.42 Å². The van der Waals surface area contributed by atoms with Gasteiger partial charge in [-0.1, -0.05) is 34.6 Å². The summed E-state index contributed by atoms with van der Waals surface area (Å²) in [7, 11) is 0. The van der Waals surface area contributed by atoms with Crippen molar-refractivity contribution >= 4 is 11.9 Å². The molecule has 0 aromatic heterocycles. The maximum absolute atomic E-state index is 11.7. The van der Waals surface area contributed by atoms with Crippen molar-refractivity contribution in [3.8, 4) is 0 Å². The number of hydrogen-bond donors (Lipinski definition) is 2. The fraction of sp³-hybridized carbons (Fsp3) is 0.833. The number of carbonyl (C=O) groups is 2. The molecule has 0 aliphatic heterocycles. The first-order chi connectivity index (χ1) is 7.18. The lowest BCUT2D eigenvalue weighted by Gasteiger charge is -2.31. The third-order valence-electron chi connectivity index (χ3n) is 2.80. The molecule has 4 heteroatoms. The van der Waals surface area contributed by atoms with E-state index in [1.165, 1.54) is 0 Å². The van der Waals surface area contributed by atoms with E-state index in [1.54, 1.807) is 0 Å². The minimum Gasteiger partial charge on any atom is -0.481 e. The van der Waals surface area contributed by atoms with Crippen LogP contribution < -0.4 is 5.32 Å². The van der Waals surface area contributed by atoms with Crippen molar-refractivity contribution in [1.82, 2.24) is 5.32 Å². The summed E-state index contributed by atoms with van der Waals surface area (Å²) in [4.78, 5) is 22.4. The maximum Gasteiger partial charge on any atom is 0.305 e. The van der Waals surface area contributed by atoms with E-state index in [2.05, 4.69) is 5.32 Å². The van der Waals surface area contributed by atoms with E-state index in [0.29, 0.717) is 0 Å². The molecular weight excluding hydrogens is 206 g/mol. The number of hydrogen-bond acceptors (Lipinski definition) is 2. The molecule has 4 nitrogen and oxygen atoms in total. The Hall–Kier alpha value is -1.06. The topological polar surface area (TPSA) is 66.4 Å². The van der Waals surface area contributed by atoms with Gasteiger partial charge < -0.3 is 10.4 Å². The van der Waals surface area contributed by atoms with Gasteiger partial charge in [0, 0.05) is 12.0 Å². The Labute approximate surface area is 97.4 Å². The van der Waals surface area contributed by atoms with Crippen molar-refractivity contribution in [1.29, 1.82) is 0 Å². The van der Waals surface area contributed by atoms with Crippen molar-refractivity contribution in [2.75, 3.05) is 0 Å². The lowest BCUT2D eigenvalue weighted by Crippen LogP contribution is -2.46. The van der Waals surface area contributed by atoms with Gasteiger partial charge in [-0.2, -0.15) is 0 Å². The lowest BCUT2D eigenvalue weighted by atomic mass is 9.84. The summed E-state index contributed by atoms with van der Waals surface area (Å²) in [5.41, 5.74) is -0.249. The number of carboxylic acid groups (broad SMARTS) is 1. The number of amides is 1. The minimum absolute atomic E-state index is 0.0360. The standard InChI is InChI=1S/C12H23NO3/c1-6-8(2)11(16)13-9(7-10(14)15)12(3,4)5/h8-9H,6-7H2,1-5H3,(H,13,16)(H,14,15). The molecule has 0 aliphatic rings. The Morgan fingerprint density at radius 3 is 2.12 bits per heavy atom. The summed E-state index contributed by atoms with van der Waals surface area (Å²) < 4.78 is 0. The number of carbonyl (C=O) groups excluding carboxylic acids is 1. The molecule has 94 valence electrons. The van der Waals surface area contributed by atoms with Crippen LogP contribution in [0.15, 0.2) is 0 Å². The van der Waals surface area contributed by atoms with Gasteiger partial charge in [0.25, 0.3) is 0 Å². The van der Waals surface area contributed by atoms with Crippen LogP contribution in [0.25, 0.3) is 0 Å². The van der Waals surface area contributed by atoms with Gasteiger partial charge in [0.1, 0.15) is 0 Å². The van der Waals surface area contributed by atoms with Gasteiger partial charge in [-0.05, 0) is 11.8 Å². The first-order valence-electron chi connectivity index (χ1n) is 5.70. The second-order valence-corrected chi connectivity index (χ2v) is 5.33. The summed E-state index contributed by atoms with van der Waals surface area (Å²) >= 11 is 0. The lowest BCUT2D eigenvalue weighted by molar-refractivity contribution is -0.138. The van der Waals surface area contributed by atoms with Crippen LogP contribution in [0.4, 0.5) is 0 Å². The van der Waals surface area contributed by atoms with Gasteiger partial charge in [-0.25, -0.2) is 0 Å². The summed E-state index contributed by atoms with van der Waals surface area (Å²) in [6.07, 6.45) is 0.724. The molecule has 0 aliphatic carbocycles. The highest BCUT2D eigenvalue weighted by molar-refractivity contribution is 5.79. The van der Waals surface area contributed by atoms with Crippen molar-refractivity contribution in [3.63, 3.8) is 0 Å². The highest BCUT2D eigenvalue weighted by Gasteiger charge is 2.29. The highest BCUT2D eigenvalue weighted by Crippen LogP contribution is 2.22. The number of aliphatic carboxylic acids is 1. The average Bonchev–Trinajstić information content (AvgIpc) is 2.13. The summed E-state index contributed by atoms with van der Waals surface area (Å²) in [6.45, 7) is 9.57. The predicted molar refractivity (Wildman–Crippen MR) is 63.1 cm³/mol. The molecule has 0 aromatic carbocycles. The number of carboxylic acids is 1. The van der Waals surface area contributed by atoms with Gasteiger partial charge in [-0.3, -0.25) is 9.59 Å². The van der Waals surface area contributed by atoms with Crippen LogP contribution in [-0.4, -0.2) is 23.0 Å². The first kappa shape index (κ1) is 14.9. The second kappa shape index (κ2) is 5.87. The molecule has 2 N–H and O–H groups in total. The van der Waals surface area contributed by atoms with Crippen molar-refractivity contribution in [3.05, 3.63) is 0 Å². The number of nitrogens with one attached hydrogen (secondary N) is 1. The Balaban J connectivity index is 4.56. The monoisotopic (exact) mass is 229 g/mol. The normalized spacial score (nSPS) is 15.3. The molecule has 0 saturated heterocycles. The maximum atomic E-state index is 11.7. The van der Waals surface area contributed by atoms with Crippen LogP contribution in [-0.2, 0) is 9.59 Å². The fourth-order valence-electron chi connectivity index (χ4n) is 1.25. The average molecular weight is 229 g/mol. The third kappa shape index (κ3) is 5.14. The predicted octanol–water partition coefficient (Wildman–Crippen LogP) is 2.04. The van der Waals surface area contributed by atoms with Crippen LogP contribution in [0, 0.1) is 11.3 Å². The largest absolute Gasteiger partial charge is 0.481 e. The molecule has 2 unspecified atom stereocenters.